The molecule has 0 N–H and O–H groups in total. The average Bonchev–Trinajstić information content (AvgIpc) is 2.35. The molecule has 0 atom stereocenters. The van der Waals surface area contributed by atoms with Crippen LogP contribution in [0.15, 0.2) is 42.0 Å². The van der Waals surface area contributed by atoms with Crippen LogP contribution in [-0.2, 0) is 5.41 Å². The molecule has 0 heteroatoms. The molecule has 0 nitrogen and oxygen atoms in total. The maximum Gasteiger partial charge on any atom is -0.00957 e. The van der Waals surface area contributed by atoms with Crippen LogP contribution in [0.3, 0.4) is 0 Å². The fraction of sp³-hybridized carbons (Fsp3) is 0.545. The number of benzene rings is 1. The van der Waals surface area contributed by atoms with Crippen molar-refractivity contribution in [2.45, 2.75) is 67.2 Å². The molecule has 0 aromatic heterocycles. The summed E-state index contributed by atoms with van der Waals surface area (Å²) in [5, 5.41) is 0. The van der Waals surface area contributed by atoms with Gasteiger partial charge in [-0.2, -0.15) is 0 Å². The molecule has 0 unspecified atom stereocenters. The van der Waals surface area contributed by atoms with Crippen LogP contribution in [0.4, 0.5) is 0 Å². The van der Waals surface area contributed by atoms with E-state index in [0.717, 1.165) is 6.42 Å². The number of allylic oxidation sites excluding steroid dienone is 4. The first kappa shape index (κ1) is 17.1. The summed E-state index contributed by atoms with van der Waals surface area (Å²) >= 11 is 0. The van der Waals surface area contributed by atoms with Gasteiger partial charge in [-0.3, -0.25) is 0 Å². The van der Waals surface area contributed by atoms with Crippen molar-refractivity contribution in [2.75, 3.05) is 0 Å². The Morgan fingerprint density at radius 3 is 2.00 bits per heavy atom. The number of hydrogen-bond acceptors (Lipinski definition) is 0. The van der Waals surface area contributed by atoms with Crippen LogP contribution < -0.4 is 0 Å². The molecule has 0 spiro atoms. The molecule has 120 valence electrons. The van der Waals surface area contributed by atoms with Gasteiger partial charge >= 0.3 is 0 Å². The molecule has 1 aliphatic rings. The van der Waals surface area contributed by atoms with E-state index in [9.17, 15) is 0 Å². The molecule has 0 aliphatic heterocycles. The third-order valence-electron chi connectivity index (χ3n) is 4.72. The summed E-state index contributed by atoms with van der Waals surface area (Å²) in [5.74, 6) is 0. The smallest absolute Gasteiger partial charge is 0.00957 e. The zero-order valence-electron chi connectivity index (χ0n) is 15.7. The Morgan fingerprint density at radius 2 is 1.50 bits per heavy atom. The molecule has 22 heavy (non-hydrogen) atoms. The second-order valence-electron chi connectivity index (χ2n) is 9.41. The largest absolute Gasteiger partial charge is 0.0617 e. The second-order valence-corrected chi connectivity index (χ2v) is 9.41. The van der Waals surface area contributed by atoms with Gasteiger partial charge in [0.15, 0.2) is 0 Å². The Bertz CT molecular complexity index is 610. The summed E-state index contributed by atoms with van der Waals surface area (Å²) in [6, 6.07) is 9.08. The first-order valence-corrected chi connectivity index (χ1v) is 8.44. The molecular formula is C22H32. The second kappa shape index (κ2) is 5.41. The Hall–Kier alpha value is -1.30. The van der Waals surface area contributed by atoms with Gasteiger partial charge in [0.05, 0.1) is 0 Å². The van der Waals surface area contributed by atoms with Crippen LogP contribution in [-0.4, -0.2) is 0 Å². The van der Waals surface area contributed by atoms with Crippen LogP contribution in [0.25, 0.3) is 5.57 Å². The highest BCUT2D eigenvalue weighted by atomic mass is 14.4. The van der Waals surface area contributed by atoms with Gasteiger partial charge in [-0.25, -0.2) is 0 Å². The van der Waals surface area contributed by atoms with Crippen molar-refractivity contribution in [2.24, 2.45) is 10.8 Å². The van der Waals surface area contributed by atoms with Gasteiger partial charge in [0.1, 0.15) is 0 Å². The van der Waals surface area contributed by atoms with Gasteiger partial charge in [-0.05, 0) is 39.4 Å². The van der Waals surface area contributed by atoms with Gasteiger partial charge in [-0.1, -0.05) is 97.4 Å². The molecule has 0 heterocycles. The van der Waals surface area contributed by atoms with Crippen molar-refractivity contribution in [3.8, 4) is 0 Å². The standard InChI is InChI=1S/C22H32/c1-20(2,3)18-11-9-10-16(14-18)17-12-13-19(21(4,5)6)22(7,8)15-17/h9-14H,15H2,1-8H3. The number of rotatable bonds is 1. The summed E-state index contributed by atoms with van der Waals surface area (Å²) in [5.41, 5.74) is 6.46. The van der Waals surface area contributed by atoms with E-state index < -0.39 is 0 Å². The quantitative estimate of drug-likeness (QED) is 0.536. The van der Waals surface area contributed by atoms with E-state index in [1.807, 2.05) is 0 Å². The van der Waals surface area contributed by atoms with E-state index in [-0.39, 0.29) is 16.2 Å². The van der Waals surface area contributed by atoms with Crippen LogP contribution in [0.2, 0.25) is 0 Å². The Labute approximate surface area is 137 Å². The van der Waals surface area contributed by atoms with Crippen molar-refractivity contribution in [3.05, 3.63) is 53.1 Å². The summed E-state index contributed by atoms with van der Waals surface area (Å²) in [6.45, 7) is 18.6. The van der Waals surface area contributed by atoms with E-state index in [2.05, 4.69) is 91.8 Å². The molecule has 1 aliphatic carbocycles. The minimum absolute atomic E-state index is 0.202. The predicted octanol–water partition coefficient (Wildman–Crippen LogP) is 6.77. The van der Waals surface area contributed by atoms with Crippen molar-refractivity contribution >= 4 is 5.57 Å². The fourth-order valence-corrected chi connectivity index (χ4v) is 3.69. The van der Waals surface area contributed by atoms with E-state index >= 15 is 0 Å². The van der Waals surface area contributed by atoms with Crippen LogP contribution >= 0.6 is 0 Å². The van der Waals surface area contributed by atoms with Gasteiger partial charge in [-0.15, -0.1) is 0 Å². The van der Waals surface area contributed by atoms with Gasteiger partial charge in [0.25, 0.3) is 0 Å². The lowest BCUT2D eigenvalue weighted by Crippen LogP contribution is -2.27. The van der Waals surface area contributed by atoms with Crippen molar-refractivity contribution in [1.29, 1.82) is 0 Å². The molecule has 1 aromatic rings. The highest BCUT2D eigenvalue weighted by Crippen LogP contribution is 2.47. The molecule has 1 aromatic carbocycles. The Balaban J connectivity index is 2.44. The molecule has 0 radical (unpaired) electrons. The molecular weight excluding hydrogens is 264 g/mol. The maximum absolute atomic E-state index is 2.38. The van der Waals surface area contributed by atoms with Crippen molar-refractivity contribution in [3.63, 3.8) is 0 Å². The third kappa shape index (κ3) is 3.54. The normalized spacial score (nSPS) is 18.7. The first-order chi connectivity index (χ1) is 9.91. The van der Waals surface area contributed by atoms with Crippen LogP contribution in [0, 0.1) is 10.8 Å². The third-order valence-corrected chi connectivity index (χ3v) is 4.72. The molecule has 2 rings (SSSR count). The monoisotopic (exact) mass is 296 g/mol. The molecule has 0 saturated heterocycles. The highest BCUT2D eigenvalue weighted by Gasteiger charge is 2.34. The highest BCUT2D eigenvalue weighted by molar-refractivity contribution is 5.70. The molecule has 0 fully saturated rings. The fourth-order valence-electron chi connectivity index (χ4n) is 3.69. The zero-order chi connectivity index (χ0) is 16.8. The first-order valence-electron chi connectivity index (χ1n) is 8.44. The maximum atomic E-state index is 2.38. The van der Waals surface area contributed by atoms with Crippen LogP contribution in [0.5, 0.6) is 0 Å². The lowest BCUT2D eigenvalue weighted by Gasteiger charge is -2.39. The van der Waals surface area contributed by atoms with E-state index in [1.165, 1.54) is 16.7 Å². The van der Waals surface area contributed by atoms with Gasteiger partial charge < -0.3 is 0 Å². The van der Waals surface area contributed by atoms with Crippen LogP contribution in [0.1, 0.15) is 72.9 Å². The van der Waals surface area contributed by atoms with Crippen molar-refractivity contribution in [1.82, 2.24) is 0 Å². The zero-order valence-corrected chi connectivity index (χ0v) is 15.7. The topological polar surface area (TPSA) is 0 Å². The molecule has 0 amide bonds. The van der Waals surface area contributed by atoms with Crippen molar-refractivity contribution < 1.29 is 0 Å². The van der Waals surface area contributed by atoms with Gasteiger partial charge in [0, 0.05) is 0 Å². The minimum atomic E-state index is 0.202. The van der Waals surface area contributed by atoms with Gasteiger partial charge in [0.2, 0.25) is 0 Å². The lowest BCUT2D eigenvalue weighted by molar-refractivity contribution is 0.339. The van der Waals surface area contributed by atoms with E-state index in [0.29, 0.717) is 0 Å². The minimum Gasteiger partial charge on any atom is -0.0617 e. The summed E-state index contributed by atoms with van der Waals surface area (Å²) < 4.78 is 0. The van der Waals surface area contributed by atoms with E-state index in [4.69, 9.17) is 0 Å². The Morgan fingerprint density at radius 1 is 0.864 bits per heavy atom. The summed E-state index contributed by atoms with van der Waals surface area (Å²) in [6.07, 6.45) is 5.82. The predicted molar refractivity (Wildman–Crippen MR) is 99.1 cm³/mol. The Kier molecular flexibility index (Phi) is 4.19. The molecule has 0 bridgehead atoms. The number of hydrogen-bond donors (Lipinski definition) is 0. The lowest BCUT2D eigenvalue weighted by atomic mass is 9.65. The molecule has 0 saturated carbocycles. The SMILES string of the molecule is CC(C)(C)C1=CC=C(c2cccc(C(C)(C)C)c2)CC1(C)C. The van der Waals surface area contributed by atoms with E-state index in [1.54, 1.807) is 5.57 Å². The average molecular weight is 296 g/mol. The summed E-state index contributed by atoms with van der Waals surface area (Å²) in [7, 11) is 0. The summed E-state index contributed by atoms with van der Waals surface area (Å²) in [4.78, 5) is 0.